The van der Waals surface area contributed by atoms with Crippen molar-refractivity contribution in [3.8, 4) is 0 Å². The van der Waals surface area contributed by atoms with Gasteiger partial charge < -0.3 is 15.0 Å². The zero-order valence-electron chi connectivity index (χ0n) is 15.8. The molecule has 0 atom stereocenters. The Kier molecular flexibility index (Phi) is 5.09. The van der Waals surface area contributed by atoms with Gasteiger partial charge in [0.1, 0.15) is 15.3 Å². The summed E-state index contributed by atoms with van der Waals surface area (Å²) >= 11 is 1.04. The summed E-state index contributed by atoms with van der Waals surface area (Å²) in [6.45, 7) is 0.776. The second kappa shape index (κ2) is 7.43. The highest BCUT2D eigenvalue weighted by Crippen LogP contribution is 2.38. The lowest BCUT2D eigenvalue weighted by Gasteiger charge is -2.42. The highest BCUT2D eigenvalue weighted by molar-refractivity contribution is 7.89. The molecule has 0 aliphatic carbocycles. The van der Waals surface area contributed by atoms with Crippen molar-refractivity contribution in [2.24, 2.45) is 0 Å². The molecule has 0 bridgehead atoms. The molecule has 4 rings (SSSR count). The smallest absolute Gasteiger partial charge is 0.349 e. The topological polar surface area (TPSA) is 96.0 Å². The van der Waals surface area contributed by atoms with E-state index in [1.165, 1.54) is 17.5 Å². The third-order valence-corrected chi connectivity index (χ3v) is 8.54. The third-order valence-electron chi connectivity index (χ3n) is 5.57. The largest absolute Gasteiger partial charge is 0.465 e. The predicted molar refractivity (Wildman–Crippen MR) is 108 cm³/mol. The number of carbonyl (C=O) groups excluding carboxylic acids is 2. The quantitative estimate of drug-likeness (QED) is 0.734. The van der Waals surface area contributed by atoms with Crippen LogP contribution < -0.4 is 10.2 Å². The Morgan fingerprint density at radius 2 is 1.86 bits per heavy atom. The number of anilines is 1. The molecule has 2 fully saturated rings. The first-order valence-electron chi connectivity index (χ1n) is 9.17. The van der Waals surface area contributed by atoms with Gasteiger partial charge >= 0.3 is 5.97 Å². The third kappa shape index (κ3) is 3.21. The van der Waals surface area contributed by atoms with Crippen LogP contribution in [0.1, 0.15) is 22.5 Å². The van der Waals surface area contributed by atoms with Crippen molar-refractivity contribution in [1.29, 1.82) is 0 Å². The van der Waals surface area contributed by atoms with Crippen LogP contribution in [0.2, 0.25) is 0 Å². The summed E-state index contributed by atoms with van der Waals surface area (Å²) in [7, 11) is -2.64. The average molecular weight is 436 g/mol. The Hall–Kier alpha value is -2.43. The van der Waals surface area contributed by atoms with Crippen LogP contribution in [0.15, 0.2) is 46.7 Å². The number of thiophene rings is 1. The normalized spacial score (nSPS) is 19.3. The molecule has 2 saturated heterocycles. The predicted octanol–water partition coefficient (Wildman–Crippen LogP) is 1.65. The molecule has 0 radical (unpaired) electrons. The van der Waals surface area contributed by atoms with Gasteiger partial charge in [0.05, 0.1) is 13.8 Å². The zero-order chi connectivity index (χ0) is 20.6. The van der Waals surface area contributed by atoms with Gasteiger partial charge in [-0.2, -0.15) is 4.31 Å². The fourth-order valence-electron chi connectivity index (χ4n) is 4.01. The minimum atomic E-state index is -3.86. The van der Waals surface area contributed by atoms with Gasteiger partial charge in [0.2, 0.25) is 15.9 Å². The molecule has 154 valence electrons. The van der Waals surface area contributed by atoms with Crippen LogP contribution in [0, 0.1) is 0 Å². The van der Waals surface area contributed by atoms with Crippen molar-refractivity contribution in [3.63, 3.8) is 0 Å². The van der Waals surface area contributed by atoms with E-state index in [2.05, 4.69) is 5.32 Å². The molecule has 2 aliphatic rings. The first-order valence-corrected chi connectivity index (χ1v) is 11.5. The van der Waals surface area contributed by atoms with Gasteiger partial charge in [-0.1, -0.05) is 18.2 Å². The number of methoxy groups -OCH3 is 1. The molecular formula is C19H21N3O5S2. The summed E-state index contributed by atoms with van der Waals surface area (Å²) < 4.78 is 32.3. The van der Waals surface area contributed by atoms with Gasteiger partial charge in [0, 0.05) is 18.8 Å². The van der Waals surface area contributed by atoms with Gasteiger partial charge in [0.15, 0.2) is 0 Å². The van der Waals surface area contributed by atoms with Crippen LogP contribution in [0.4, 0.5) is 5.69 Å². The van der Waals surface area contributed by atoms with Crippen LogP contribution in [-0.4, -0.2) is 57.0 Å². The molecule has 3 heterocycles. The lowest BCUT2D eigenvalue weighted by atomic mass is 9.86. The molecule has 29 heavy (non-hydrogen) atoms. The Morgan fingerprint density at radius 3 is 2.52 bits per heavy atom. The summed E-state index contributed by atoms with van der Waals surface area (Å²) in [6, 6.07) is 11.1. The maximum atomic E-state index is 13.1. The number of benzene rings is 1. The van der Waals surface area contributed by atoms with Gasteiger partial charge in [-0.3, -0.25) is 4.79 Å². The number of nitrogens with zero attached hydrogens (tertiary/aromatic N) is 2. The number of esters is 1. The highest BCUT2D eigenvalue weighted by atomic mass is 32.2. The lowest BCUT2D eigenvalue weighted by Crippen LogP contribution is -2.57. The van der Waals surface area contributed by atoms with E-state index in [-0.39, 0.29) is 28.8 Å². The number of ether oxygens (including phenoxy) is 1. The molecule has 1 aromatic carbocycles. The number of para-hydroxylation sites is 1. The second-order valence-corrected chi connectivity index (χ2v) is 9.79. The monoisotopic (exact) mass is 435 g/mol. The van der Waals surface area contributed by atoms with Gasteiger partial charge in [0.25, 0.3) is 0 Å². The van der Waals surface area contributed by atoms with E-state index >= 15 is 0 Å². The number of piperidine rings is 1. The summed E-state index contributed by atoms with van der Waals surface area (Å²) in [5.41, 5.74) is 0.153. The highest BCUT2D eigenvalue weighted by Gasteiger charge is 2.51. The molecule has 2 aromatic rings. The summed E-state index contributed by atoms with van der Waals surface area (Å²) in [4.78, 5) is 26.7. The Bertz CT molecular complexity index is 1030. The molecule has 1 aromatic heterocycles. The standard InChI is InChI=1S/C19H21N3O5S2/c1-27-17(23)16-15(7-12-28-16)29(25,26)21-10-8-19(9-11-21)18(24)20-13-22(19)14-5-3-2-4-6-14/h2-7,12H,8-11,13H2,1H3,(H,20,24). The van der Waals surface area contributed by atoms with E-state index in [9.17, 15) is 18.0 Å². The van der Waals surface area contributed by atoms with Crippen molar-refractivity contribution < 1.29 is 22.7 Å². The first kappa shape index (κ1) is 19.9. The maximum absolute atomic E-state index is 13.1. The molecule has 2 aliphatic heterocycles. The maximum Gasteiger partial charge on any atom is 0.349 e. The molecule has 8 nitrogen and oxygen atoms in total. The summed E-state index contributed by atoms with van der Waals surface area (Å²) in [5.74, 6) is -0.748. The molecular weight excluding hydrogens is 414 g/mol. The van der Waals surface area contributed by atoms with Crippen LogP contribution in [0.3, 0.4) is 0 Å². The van der Waals surface area contributed by atoms with E-state index in [0.29, 0.717) is 19.5 Å². The Morgan fingerprint density at radius 1 is 1.17 bits per heavy atom. The number of rotatable bonds is 4. The number of hydrogen-bond acceptors (Lipinski definition) is 7. The van der Waals surface area contributed by atoms with E-state index in [4.69, 9.17) is 4.74 Å². The van der Waals surface area contributed by atoms with E-state index < -0.39 is 21.5 Å². The van der Waals surface area contributed by atoms with Crippen LogP contribution >= 0.6 is 11.3 Å². The zero-order valence-corrected chi connectivity index (χ0v) is 17.5. The fourth-order valence-corrected chi connectivity index (χ4v) is 6.76. The van der Waals surface area contributed by atoms with E-state index in [0.717, 1.165) is 17.0 Å². The van der Waals surface area contributed by atoms with E-state index in [1.807, 2.05) is 35.2 Å². The van der Waals surface area contributed by atoms with Crippen molar-refractivity contribution in [2.75, 3.05) is 31.8 Å². The van der Waals surface area contributed by atoms with Gasteiger partial charge in [-0.25, -0.2) is 13.2 Å². The van der Waals surface area contributed by atoms with E-state index in [1.54, 1.807) is 5.38 Å². The molecule has 0 unspecified atom stereocenters. The van der Waals surface area contributed by atoms with Gasteiger partial charge in [-0.05, 0) is 36.4 Å². The average Bonchev–Trinajstić information content (AvgIpc) is 3.35. The minimum Gasteiger partial charge on any atom is -0.465 e. The molecule has 0 saturated carbocycles. The molecule has 10 heteroatoms. The van der Waals surface area contributed by atoms with Gasteiger partial charge in [-0.15, -0.1) is 11.3 Å². The fraction of sp³-hybridized carbons (Fsp3) is 0.368. The number of sulfonamides is 1. The van der Waals surface area contributed by atoms with Crippen molar-refractivity contribution in [2.45, 2.75) is 23.3 Å². The number of amides is 1. The second-order valence-electron chi connectivity index (χ2n) is 6.97. The van der Waals surface area contributed by atoms with Crippen LogP contribution in [-0.2, 0) is 19.6 Å². The minimum absolute atomic E-state index is 0.0407. The molecule has 1 N–H and O–H groups in total. The summed E-state index contributed by atoms with van der Waals surface area (Å²) in [5, 5.41) is 4.46. The molecule has 1 spiro atoms. The molecule has 1 amide bonds. The Labute approximate surface area is 173 Å². The number of hydrogen-bond donors (Lipinski definition) is 1. The Balaban J connectivity index is 1.58. The number of nitrogens with one attached hydrogen (secondary N) is 1. The lowest BCUT2D eigenvalue weighted by molar-refractivity contribution is -0.124. The van der Waals surface area contributed by atoms with Crippen molar-refractivity contribution >= 4 is 38.9 Å². The number of carbonyl (C=O) groups is 2. The van der Waals surface area contributed by atoms with Crippen LogP contribution in [0.25, 0.3) is 0 Å². The summed E-state index contributed by atoms with van der Waals surface area (Å²) in [6.07, 6.45) is 0.731. The van der Waals surface area contributed by atoms with Crippen LogP contribution in [0.5, 0.6) is 0 Å². The SMILES string of the molecule is COC(=O)c1sccc1S(=O)(=O)N1CCC2(CC1)C(=O)NCN2c1ccccc1. The first-order chi connectivity index (χ1) is 13.9. The van der Waals surface area contributed by atoms with Crippen molar-refractivity contribution in [1.82, 2.24) is 9.62 Å². The van der Waals surface area contributed by atoms with Crippen molar-refractivity contribution in [3.05, 3.63) is 46.7 Å².